The summed E-state index contributed by atoms with van der Waals surface area (Å²) in [5.74, 6) is -0.0190. The molecule has 480 valence electrons. The van der Waals surface area contributed by atoms with E-state index in [4.69, 9.17) is 4.74 Å². The Balaban J connectivity index is 3.35. The number of esters is 1. The largest absolute Gasteiger partial charge is 0.466 e. The van der Waals surface area contributed by atoms with Crippen LogP contribution in [0.3, 0.4) is 0 Å². The molecule has 0 aromatic rings. The fourth-order valence-electron chi connectivity index (χ4n) is 11.8. The lowest BCUT2D eigenvalue weighted by atomic mass is 10.0. The van der Waals surface area contributed by atoms with E-state index in [9.17, 15) is 19.8 Å². The topological polar surface area (TPSA) is 95.9 Å². The molecule has 2 atom stereocenters. The van der Waals surface area contributed by atoms with Crippen molar-refractivity contribution in [3.05, 3.63) is 24.3 Å². The van der Waals surface area contributed by atoms with Gasteiger partial charge in [0.15, 0.2) is 0 Å². The van der Waals surface area contributed by atoms with E-state index in [1.807, 2.05) is 0 Å². The van der Waals surface area contributed by atoms with E-state index >= 15 is 0 Å². The van der Waals surface area contributed by atoms with E-state index in [-0.39, 0.29) is 18.5 Å². The number of carbonyl (C=O) groups is 2. The SMILES string of the molecule is CCCC/C=C\CCCCCCCC(=O)OCCCCCCCCCCCCCC/C=C\CCCCCCCCCCCCCCCCCCCC(=O)NC(CO)C(O)CCCCCCCCCCCCCCCCCCCCCC. The van der Waals surface area contributed by atoms with Crippen LogP contribution in [0.2, 0.25) is 0 Å². The summed E-state index contributed by atoms with van der Waals surface area (Å²) in [6.07, 6.45) is 89.7. The van der Waals surface area contributed by atoms with Crippen molar-refractivity contribution in [3.8, 4) is 0 Å². The van der Waals surface area contributed by atoms with E-state index in [1.54, 1.807) is 0 Å². The molecule has 0 rings (SSSR count). The number of unbranched alkanes of at least 4 members (excludes halogenated alkanes) is 55. The maximum atomic E-state index is 12.5. The first-order chi connectivity index (χ1) is 40.0. The first-order valence-corrected chi connectivity index (χ1v) is 37.1. The van der Waals surface area contributed by atoms with Crippen LogP contribution in [-0.4, -0.2) is 47.4 Å². The van der Waals surface area contributed by atoms with Gasteiger partial charge in [0, 0.05) is 12.8 Å². The fraction of sp³-hybridized carbons (Fsp3) is 0.920. The molecule has 6 nitrogen and oxygen atoms in total. The van der Waals surface area contributed by atoms with Gasteiger partial charge in [-0.1, -0.05) is 359 Å². The van der Waals surface area contributed by atoms with Gasteiger partial charge < -0.3 is 20.3 Å². The Kier molecular flexibility index (Phi) is 69.4. The Morgan fingerprint density at radius 3 is 0.914 bits per heavy atom. The minimum Gasteiger partial charge on any atom is -0.466 e. The first-order valence-electron chi connectivity index (χ1n) is 37.1. The number of aliphatic hydroxyl groups is 2. The lowest BCUT2D eigenvalue weighted by Crippen LogP contribution is -2.45. The monoisotopic (exact) mass is 1140 g/mol. The number of aliphatic hydroxyl groups excluding tert-OH is 2. The third-order valence-electron chi connectivity index (χ3n) is 17.5. The average molecular weight is 1140 g/mol. The molecule has 0 radical (unpaired) electrons. The van der Waals surface area contributed by atoms with Gasteiger partial charge >= 0.3 is 5.97 Å². The van der Waals surface area contributed by atoms with Crippen LogP contribution < -0.4 is 5.32 Å². The average Bonchev–Trinajstić information content (AvgIpc) is 3.47. The quantitative estimate of drug-likeness (QED) is 0.0320. The van der Waals surface area contributed by atoms with Crippen LogP contribution in [0.15, 0.2) is 24.3 Å². The number of rotatable bonds is 70. The second-order valence-electron chi connectivity index (χ2n) is 25.6. The number of nitrogens with one attached hydrogen (secondary N) is 1. The van der Waals surface area contributed by atoms with Crippen molar-refractivity contribution in [2.24, 2.45) is 0 Å². The third-order valence-corrected chi connectivity index (χ3v) is 17.5. The highest BCUT2D eigenvalue weighted by Crippen LogP contribution is 2.19. The Morgan fingerprint density at radius 2 is 0.593 bits per heavy atom. The van der Waals surface area contributed by atoms with Crippen molar-refractivity contribution in [3.63, 3.8) is 0 Å². The molecule has 0 aromatic carbocycles. The van der Waals surface area contributed by atoms with Crippen LogP contribution in [0.25, 0.3) is 0 Å². The number of amides is 1. The molecular weight excluding hydrogens is 995 g/mol. The van der Waals surface area contributed by atoms with Gasteiger partial charge in [0.1, 0.15) is 0 Å². The van der Waals surface area contributed by atoms with Crippen LogP contribution in [0.5, 0.6) is 0 Å². The summed E-state index contributed by atoms with van der Waals surface area (Å²) < 4.78 is 5.47. The summed E-state index contributed by atoms with van der Waals surface area (Å²) in [5.41, 5.74) is 0. The molecule has 1 amide bonds. The first kappa shape index (κ1) is 79.3. The standard InChI is InChI=1S/C75H145NO5/c1-3-5-7-9-11-13-15-16-17-18-19-35-38-41-44-48-51-55-59-63-67-73(78)72(71-77)76-74(79)68-64-60-56-52-49-45-42-39-36-33-31-29-27-25-23-21-20-22-24-26-28-30-32-34-37-40-43-46-50-54-58-62-66-70-81-75(80)69-65-61-57-53-47-14-12-10-8-6-4-2/h10,12,24,26,72-73,77-78H,3-9,11,13-23,25,27-71H2,1-2H3,(H,76,79)/b12-10-,26-24-. The third kappa shape index (κ3) is 67.3. The van der Waals surface area contributed by atoms with Gasteiger partial charge in [-0.2, -0.15) is 0 Å². The van der Waals surface area contributed by atoms with Crippen molar-refractivity contribution in [1.29, 1.82) is 0 Å². The van der Waals surface area contributed by atoms with Crippen LogP contribution in [-0.2, 0) is 14.3 Å². The van der Waals surface area contributed by atoms with Crippen molar-refractivity contribution in [2.75, 3.05) is 13.2 Å². The maximum absolute atomic E-state index is 12.5. The van der Waals surface area contributed by atoms with E-state index in [1.165, 1.54) is 340 Å². The molecule has 81 heavy (non-hydrogen) atoms. The highest BCUT2D eigenvalue weighted by atomic mass is 16.5. The Bertz CT molecular complexity index is 1270. The summed E-state index contributed by atoms with van der Waals surface area (Å²) >= 11 is 0. The molecule has 6 heteroatoms. The summed E-state index contributed by atoms with van der Waals surface area (Å²) in [6, 6.07) is -0.540. The van der Waals surface area contributed by atoms with Gasteiger partial charge in [-0.15, -0.1) is 0 Å². The number of ether oxygens (including phenoxy) is 1. The molecule has 2 unspecified atom stereocenters. The minimum absolute atomic E-state index is 0.00818. The molecule has 0 aliphatic heterocycles. The highest BCUT2D eigenvalue weighted by molar-refractivity contribution is 5.76. The van der Waals surface area contributed by atoms with E-state index < -0.39 is 12.1 Å². The Hall–Kier alpha value is -1.66. The van der Waals surface area contributed by atoms with Crippen molar-refractivity contribution < 1.29 is 24.5 Å². The Labute approximate surface area is 507 Å². The zero-order chi connectivity index (χ0) is 58.5. The van der Waals surface area contributed by atoms with E-state index in [0.29, 0.717) is 25.9 Å². The van der Waals surface area contributed by atoms with Crippen LogP contribution in [0, 0.1) is 0 Å². The van der Waals surface area contributed by atoms with Crippen LogP contribution in [0.4, 0.5) is 0 Å². The second kappa shape index (κ2) is 70.8. The molecule has 0 fully saturated rings. The molecule has 3 N–H and O–H groups in total. The molecule has 0 heterocycles. The number of allylic oxidation sites excluding steroid dienone is 4. The maximum Gasteiger partial charge on any atom is 0.305 e. The Morgan fingerprint density at radius 1 is 0.333 bits per heavy atom. The second-order valence-corrected chi connectivity index (χ2v) is 25.6. The number of hydrogen-bond acceptors (Lipinski definition) is 5. The smallest absolute Gasteiger partial charge is 0.305 e. The zero-order valence-corrected chi connectivity index (χ0v) is 55.0. The predicted molar refractivity (Wildman–Crippen MR) is 356 cm³/mol. The molecule has 0 saturated carbocycles. The molecule has 0 aliphatic carbocycles. The van der Waals surface area contributed by atoms with Crippen molar-refractivity contribution in [1.82, 2.24) is 5.32 Å². The fourth-order valence-corrected chi connectivity index (χ4v) is 11.8. The van der Waals surface area contributed by atoms with Gasteiger partial charge in [-0.25, -0.2) is 0 Å². The molecule has 0 saturated heterocycles. The minimum atomic E-state index is -0.663. The molecular formula is C75H145NO5. The van der Waals surface area contributed by atoms with Gasteiger partial charge in [-0.3, -0.25) is 9.59 Å². The van der Waals surface area contributed by atoms with Crippen LogP contribution >= 0.6 is 0 Å². The van der Waals surface area contributed by atoms with E-state index in [0.717, 1.165) is 44.9 Å². The summed E-state index contributed by atoms with van der Waals surface area (Å²) in [4.78, 5) is 24.6. The number of hydrogen-bond donors (Lipinski definition) is 3. The molecule has 0 spiro atoms. The van der Waals surface area contributed by atoms with Crippen LogP contribution in [0.1, 0.15) is 418 Å². The van der Waals surface area contributed by atoms with Gasteiger partial charge in [0.25, 0.3) is 0 Å². The van der Waals surface area contributed by atoms with Gasteiger partial charge in [0.2, 0.25) is 5.91 Å². The normalized spacial score (nSPS) is 12.6. The lowest BCUT2D eigenvalue weighted by molar-refractivity contribution is -0.143. The van der Waals surface area contributed by atoms with Gasteiger partial charge in [-0.05, 0) is 70.6 Å². The number of carbonyl (C=O) groups excluding carboxylic acids is 2. The summed E-state index contributed by atoms with van der Waals surface area (Å²) in [6.45, 7) is 4.96. The lowest BCUT2D eigenvalue weighted by Gasteiger charge is -2.22. The highest BCUT2D eigenvalue weighted by Gasteiger charge is 2.20. The zero-order valence-electron chi connectivity index (χ0n) is 55.0. The molecule has 0 aromatic heterocycles. The van der Waals surface area contributed by atoms with E-state index in [2.05, 4.69) is 43.5 Å². The molecule has 0 aliphatic rings. The van der Waals surface area contributed by atoms with Crippen molar-refractivity contribution in [2.45, 2.75) is 431 Å². The summed E-state index contributed by atoms with van der Waals surface area (Å²) in [7, 11) is 0. The molecule has 0 bridgehead atoms. The van der Waals surface area contributed by atoms with Gasteiger partial charge in [0.05, 0.1) is 25.4 Å². The predicted octanol–water partition coefficient (Wildman–Crippen LogP) is 24.1. The summed E-state index contributed by atoms with van der Waals surface area (Å²) in [5, 5.41) is 23.4. The van der Waals surface area contributed by atoms with Crippen molar-refractivity contribution >= 4 is 11.9 Å².